The highest BCUT2D eigenvalue weighted by Crippen LogP contribution is 2.46. The minimum absolute atomic E-state index is 0.0164. The molecule has 1 spiro atoms. The van der Waals surface area contributed by atoms with Gasteiger partial charge in [0.1, 0.15) is 5.56 Å². The van der Waals surface area contributed by atoms with Crippen LogP contribution in [0.4, 0.5) is 14.5 Å². The van der Waals surface area contributed by atoms with Gasteiger partial charge in [-0.1, -0.05) is 11.6 Å². The topological polar surface area (TPSA) is 79.6 Å². The molecule has 1 aromatic carbocycles. The van der Waals surface area contributed by atoms with Gasteiger partial charge >= 0.3 is 0 Å². The van der Waals surface area contributed by atoms with Gasteiger partial charge in [0.2, 0.25) is 5.91 Å². The third kappa shape index (κ3) is 4.16. The lowest BCUT2D eigenvalue weighted by Crippen LogP contribution is -2.52. The number of piperidine rings is 1. The van der Waals surface area contributed by atoms with E-state index in [1.807, 2.05) is 19.9 Å². The summed E-state index contributed by atoms with van der Waals surface area (Å²) in [7, 11) is 0. The summed E-state index contributed by atoms with van der Waals surface area (Å²) in [5.74, 6) is -2.42. The van der Waals surface area contributed by atoms with Crippen LogP contribution in [0.1, 0.15) is 60.3 Å². The van der Waals surface area contributed by atoms with Crippen molar-refractivity contribution >= 4 is 34.7 Å². The summed E-state index contributed by atoms with van der Waals surface area (Å²) >= 11 is 6.16. The fourth-order valence-electron chi connectivity index (χ4n) is 5.49. The number of benzene rings is 1. The van der Waals surface area contributed by atoms with E-state index in [4.69, 9.17) is 11.6 Å². The van der Waals surface area contributed by atoms with Crippen molar-refractivity contribution in [2.45, 2.75) is 58.4 Å². The molecule has 1 N–H and O–H groups in total. The van der Waals surface area contributed by atoms with E-state index in [2.05, 4.69) is 15.4 Å². The summed E-state index contributed by atoms with van der Waals surface area (Å²) in [6.07, 6.45) is 5.47. The van der Waals surface area contributed by atoms with Crippen molar-refractivity contribution in [2.24, 2.45) is 5.41 Å². The van der Waals surface area contributed by atoms with Crippen molar-refractivity contribution in [3.05, 3.63) is 58.0 Å². The average molecular weight is 502 g/mol. The molecular weight excluding hydrogens is 476 g/mol. The maximum atomic E-state index is 13.9. The molecule has 35 heavy (non-hydrogen) atoms. The van der Waals surface area contributed by atoms with Crippen LogP contribution in [-0.4, -0.2) is 39.0 Å². The summed E-state index contributed by atoms with van der Waals surface area (Å²) in [5.41, 5.74) is 2.27. The van der Waals surface area contributed by atoms with Crippen LogP contribution in [0.2, 0.25) is 5.02 Å². The number of amides is 2. The Morgan fingerprint density at radius 2 is 1.86 bits per heavy atom. The van der Waals surface area contributed by atoms with Gasteiger partial charge in [0.05, 0.1) is 16.9 Å². The van der Waals surface area contributed by atoms with E-state index in [-0.39, 0.29) is 28.6 Å². The van der Waals surface area contributed by atoms with Gasteiger partial charge in [-0.25, -0.2) is 18.3 Å². The third-order valence-electron chi connectivity index (χ3n) is 7.32. The molecule has 0 bridgehead atoms. The zero-order valence-electron chi connectivity index (χ0n) is 19.6. The first-order chi connectivity index (χ1) is 16.7. The van der Waals surface area contributed by atoms with Gasteiger partial charge in [-0.15, -0.1) is 0 Å². The smallest absolute Gasteiger partial charge is 0.256 e. The van der Waals surface area contributed by atoms with Crippen LogP contribution in [0.25, 0.3) is 5.65 Å². The minimum atomic E-state index is -1.04. The first-order valence-electron chi connectivity index (χ1n) is 11.8. The second-order valence-electron chi connectivity index (χ2n) is 9.64. The normalized spacial score (nSPS) is 22.7. The molecule has 1 saturated carbocycles. The van der Waals surface area contributed by atoms with Crippen molar-refractivity contribution in [1.82, 2.24) is 19.9 Å². The van der Waals surface area contributed by atoms with E-state index < -0.39 is 17.0 Å². The van der Waals surface area contributed by atoms with Gasteiger partial charge in [0.15, 0.2) is 17.3 Å². The number of rotatable bonds is 3. The quantitative estimate of drug-likeness (QED) is 0.525. The van der Waals surface area contributed by atoms with Gasteiger partial charge in [0, 0.05) is 35.5 Å². The third-order valence-corrected chi connectivity index (χ3v) is 7.62. The van der Waals surface area contributed by atoms with Crippen LogP contribution in [0.15, 0.2) is 24.4 Å². The molecule has 0 unspecified atom stereocenters. The number of nitrogens with one attached hydrogen (secondary N) is 1. The lowest BCUT2D eigenvalue weighted by Gasteiger charge is -2.45. The number of fused-ring (bicyclic) bond motifs is 1. The number of hydrogen-bond donors (Lipinski definition) is 1. The van der Waals surface area contributed by atoms with Crippen LogP contribution in [0.3, 0.4) is 0 Å². The Bertz CT molecular complexity index is 1330. The molecular formula is C25H26ClF2N5O2. The molecule has 3 aromatic rings. The molecule has 7 nitrogen and oxygen atoms in total. The second kappa shape index (κ2) is 8.86. The first-order valence-corrected chi connectivity index (χ1v) is 12.2. The molecule has 5 rings (SSSR count). The summed E-state index contributed by atoms with van der Waals surface area (Å²) in [6, 6.07) is 3.73. The van der Waals surface area contributed by atoms with Crippen LogP contribution in [0, 0.1) is 30.9 Å². The lowest BCUT2D eigenvalue weighted by atomic mass is 9.67. The second-order valence-corrected chi connectivity index (χ2v) is 10.0. The van der Waals surface area contributed by atoms with E-state index in [1.165, 1.54) is 11.1 Å². The summed E-state index contributed by atoms with van der Waals surface area (Å²) in [4.78, 5) is 32.5. The fraction of sp³-hybridized carbons (Fsp3) is 0.440. The Labute approximate surface area is 206 Å². The van der Waals surface area contributed by atoms with Crippen LogP contribution >= 0.6 is 11.6 Å². The summed E-state index contributed by atoms with van der Waals surface area (Å²) < 4.78 is 29.1. The number of halogens is 3. The Kier molecular flexibility index (Phi) is 5.99. The number of aryl methyl sites for hydroxylation is 2. The summed E-state index contributed by atoms with van der Waals surface area (Å²) in [5, 5.41) is 7.39. The van der Waals surface area contributed by atoms with E-state index >= 15 is 0 Å². The molecule has 2 aliphatic rings. The van der Waals surface area contributed by atoms with Gasteiger partial charge in [-0.3, -0.25) is 9.59 Å². The molecule has 1 aliphatic carbocycles. The molecule has 1 saturated heterocycles. The number of carbonyl (C=O) groups excluding carboxylic acids is 2. The SMILES string of the molecule is Cc1cc(C)n2ncc(C(=O)N[C@H]3CC[C@@]4(CCCN(c5cc(F)c(F)cc5Cl)C4=O)CC3)c2n1. The van der Waals surface area contributed by atoms with E-state index in [0.717, 1.165) is 36.4 Å². The average Bonchev–Trinajstić information content (AvgIpc) is 3.24. The Morgan fingerprint density at radius 3 is 2.60 bits per heavy atom. The maximum Gasteiger partial charge on any atom is 0.256 e. The van der Waals surface area contributed by atoms with E-state index in [1.54, 1.807) is 4.52 Å². The number of hydrogen-bond acceptors (Lipinski definition) is 4. The van der Waals surface area contributed by atoms with Crippen LogP contribution in [-0.2, 0) is 4.79 Å². The molecule has 10 heteroatoms. The Balaban J connectivity index is 1.29. The predicted octanol–water partition coefficient (Wildman–Crippen LogP) is 4.76. The van der Waals surface area contributed by atoms with E-state index in [9.17, 15) is 18.4 Å². The standard InChI is InChI=1S/C25H26ClF2N5O2/c1-14-10-15(2)33-22(30-14)17(13-29-33)23(34)31-16-4-7-25(8-5-16)6-3-9-32(24(25)35)21-12-20(28)19(27)11-18(21)26/h10-13,16H,3-9H2,1-2H3,(H,31,34)/t16-,25-. The van der Waals surface area contributed by atoms with E-state index in [0.29, 0.717) is 43.4 Å². The molecule has 2 fully saturated rings. The zero-order chi connectivity index (χ0) is 24.9. The monoisotopic (exact) mass is 501 g/mol. The highest BCUT2D eigenvalue weighted by atomic mass is 35.5. The highest BCUT2D eigenvalue weighted by Gasteiger charge is 2.47. The molecule has 3 heterocycles. The molecule has 1 aliphatic heterocycles. The molecule has 0 atom stereocenters. The zero-order valence-corrected chi connectivity index (χ0v) is 20.3. The Hall–Kier alpha value is -3.07. The molecule has 2 amide bonds. The maximum absolute atomic E-state index is 13.9. The number of anilines is 1. The van der Waals surface area contributed by atoms with Crippen LogP contribution < -0.4 is 10.2 Å². The van der Waals surface area contributed by atoms with Gasteiger partial charge in [-0.2, -0.15) is 5.10 Å². The van der Waals surface area contributed by atoms with Crippen molar-refractivity contribution in [3.8, 4) is 0 Å². The molecule has 184 valence electrons. The number of carbonyl (C=O) groups is 2. The highest BCUT2D eigenvalue weighted by molar-refractivity contribution is 6.33. The lowest BCUT2D eigenvalue weighted by molar-refractivity contribution is -0.132. The summed E-state index contributed by atoms with van der Waals surface area (Å²) in [6.45, 7) is 4.20. The van der Waals surface area contributed by atoms with Crippen molar-refractivity contribution in [2.75, 3.05) is 11.4 Å². The molecule has 2 aromatic heterocycles. The fourth-order valence-corrected chi connectivity index (χ4v) is 5.74. The minimum Gasteiger partial charge on any atom is -0.349 e. The Morgan fingerprint density at radius 1 is 1.14 bits per heavy atom. The van der Waals surface area contributed by atoms with Gasteiger partial charge in [-0.05, 0) is 64.5 Å². The number of aromatic nitrogens is 3. The van der Waals surface area contributed by atoms with Crippen LogP contribution in [0.5, 0.6) is 0 Å². The van der Waals surface area contributed by atoms with Crippen molar-refractivity contribution in [1.29, 1.82) is 0 Å². The number of nitrogens with zero attached hydrogens (tertiary/aromatic N) is 4. The van der Waals surface area contributed by atoms with Gasteiger partial charge < -0.3 is 10.2 Å². The largest absolute Gasteiger partial charge is 0.349 e. The predicted molar refractivity (Wildman–Crippen MR) is 128 cm³/mol. The van der Waals surface area contributed by atoms with Gasteiger partial charge in [0.25, 0.3) is 5.91 Å². The first kappa shape index (κ1) is 23.7. The molecule has 0 radical (unpaired) electrons. The van der Waals surface area contributed by atoms with Crippen molar-refractivity contribution in [3.63, 3.8) is 0 Å². The van der Waals surface area contributed by atoms with Crippen molar-refractivity contribution < 1.29 is 18.4 Å².